The quantitative estimate of drug-likeness (QED) is 0.872. The third-order valence-corrected chi connectivity index (χ3v) is 3.03. The summed E-state index contributed by atoms with van der Waals surface area (Å²) in [5, 5.41) is 2.97. The third kappa shape index (κ3) is 3.86. The Hall–Kier alpha value is -1.74. The maximum Gasteiger partial charge on any atom is 0.291 e. The van der Waals surface area contributed by atoms with Gasteiger partial charge in [0, 0.05) is 5.69 Å². The van der Waals surface area contributed by atoms with Crippen LogP contribution in [0.3, 0.4) is 0 Å². The molecule has 0 aliphatic heterocycles. The number of nitrogens with one attached hydrogen (secondary N) is 1. The SMILES string of the molecule is CCCCc1ccc(NC(=O)c2ccc(Cl)o2)cc1. The van der Waals surface area contributed by atoms with Gasteiger partial charge in [0.05, 0.1) is 0 Å². The van der Waals surface area contributed by atoms with E-state index in [0.29, 0.717) is 0 Å². The fourth-order valence-corrected chi connectivity index (χ4v) is 1.91. The Bertz CT molecular complexity index is 546. The van der Waals surface area contributed by atoms with Crippen molar-refractivity contribution in [1.82, 2.24) is 0 Å². The molecule has 1 N–H and O–H groups in total. The number of benzene rings is 1. The lowest BCUT2D eigenvalue weighted by atomic mass is 10.1. The monoisotopic (exact) mass is 277 g/mol. The van der Waals surface area contributed by atoms with Gasteiger partial charge < -0.3 is 9.73 Å². The van der Waals surface area contributed by atoms with Gasteiger partial charge in [0.2, 0.25) is 0 Å². The highest BCUT2D eigenvalue weighted by atomic mass is 35.5. The molecule has 0 spiro atoms. The molecule has 2 aromatic rings. The summed E-state index contributed by atoms with van der Waals surface area (Å²) >= 11 is 5.63. The van der Waals surface area contributed by atoms with E-state index in [1.165, 1.54) is 18.4 Å². The number of hydrogen-bond acceptors (Lipinski definition) is 2. The normalized spacial score (nSPS) is 10.4. The van der Waals surface area contributed by atoms with Gasteiger partial charge in [0.15, 0.2) is 11.0 Å². The van der Waals surface area contributed by atoms with Gasteiger partial charge in [-0.2, -0.15) is 0 Å². The average Bonchev–Trinajstić information content (AvgIpc) is 2.85. The number of unbranched alkanes of at least 4 members (excludes halogenated alkanes) is 1. The minimum atomic E-state index is -0.298. The van der Waals surface area contributed by atoms with Crippen molar-refractivity contribution in [3.63, 3.8) is 0 Å². The molecule has 0 aliphatic rings. The Morgan fingerprint density at radius 1 is 1.21 bits per heavy atom. The minimum Gasteiger partial charge on any atom is -0.440 e. The van der Waals surface area contributed by atoms with E-state index in [2.05, 4.69) is 12.2 Å². The third-order valence-electron chi connectivity index (χ3n) is 2.83. The van der Waals surface area contributed by atoms with Crippen LogP contribution in [0.15, 0.2) is 40.8 Å². The average molecular weight is 278 g/mol. The molecule has 100 valence electrons. The van der Waals surface area contributed by atoms with E-state index in [1.54, 1.807) is 12.1 Å². The van der Waals surface area contributed by atoms with Crippen LogP contribution in [0.1, 0.15) is 35.9 Å². The Kier molecular flexibility index (Phi) is 4.63. The zero-order valence-electron chi connectivity index (χ0n) is 10.8. The summed E-state index contributed by atoms with van der Waals surface area (Å²) in [5.41, 5.74) is 2.03. The molecule has 1 aromatic heterocycles. The first-order valence-electron chi connectivity index (χ1n) is 6.34. The molecule has 0 radical (unpaired) electrons. The van der Waals surface area contributed by atoms with Gasteiger partial charge in [-0.1, -0.05) is 25.5 Å². The first-order chi connectivity index (χ1) is 9.19. The molecule has 3 nitrogen and oxygen atoms in total. The molecular formula is C15H16ClNO2. The van der Waals surface area contributed by atoms with Crippen LogP contribution in [-0.4, -0.2) is 5.91 Å². The predicted octanol–water partition coefficient (Wildman–Crippen LogP) is 4.53. The summed E-state index contributed by atoms with van der Waals surface area (Å²) in [6, 6.07) is 10.9. The zero-order chi connectivity index (χ0) is 13.7. The summed E-state index contributed by atoms with van der Waals surface area (Å²) < 4.78 is 5.05. The number of aryl methyl sites for hydroxylation is 1. The molecule has 0 aliphatic carbocycles. The van der Waals surface area contributed by atoms with E-state index in [1.807, 2.05) is 24.3 Å². The second-order valence-corrected chi connectivity index (χ2v) is 4.73. The largest absolute Gasteiger partial charge is 0.440 e. The lowest BCUT2D eigenvalue weighted by molar-refractivity contribution is 0.0997. The number of amides is 1. The van der Waals surface area contributed by atoms with Crippen molar-refractivity contribution in [3.8, 4) is 0 Å². The van der Waals surface area contributed by atoms with E-state index in [9.17, 15) is 4.79 Å². The number of rotatable bonds is 5. The Labute approximate surface area is 117 Å². The van der Waals surface area contributed by atoms with Crippen molar-refractivity contribution in [2.75, 3.05) is 5.32 Å². The highest BCUT2D eigenvalue weighted by Crippen LogP contribution is 2.16. The van der Waals surface area contributed by atoms with E-state index in [-0.39, 0.29) is 16.9 Å². The summed E-state index contributed by atoms with van der Waals surface area (Å²) in [6.45, 7) is 2.17. The van der Waals surface area contributed by atoms with Crippen molar-refractivity contribution in [1.29, 1.82) is 0 Å². The summed E-state index contributed by atoms with van der Waals surface area (Å²) in [4.78, 5) is 11.8. The molecule has 0 unspecified atom stereocenters. The van der Waals surface area contributed by atoms with Gasteiger partial charge in [0.25, 0.3) is 5.91 Å². The van der Waals surface area contributed by atoms with Gasteiger partial charge in [-0.15, -0.1) is 0 Å². The van der Waals surface area contributed by atoms with Crippen LogP contribution in [0.4, 0.5) is 5.69 Å². The van der Waals surface area contributed by atoms with E-state index in [0.717, 1.165) is 12.1 Å². The molecule has 0 saturated heterocycles. The highest BCUT2D eigenvalue weighted by molar-refractivity contribution is 6.29. The molecule has 0 fully saturated rings. The molecule has 19 heavy (non-hydrogen) atoms. The van der Waals surface area contributed by atoms with Crippen molar-refractivity contribution in [2.24, 2.45) is 0 Å². The smallest absolute Gasteiger partial charge is 0.291 e. The van der Waals surface area contributed by atoms with Crippen molar-refractivity contribution >= 4 is 23.2 Å². The van der Waals surface area contributed by atoms with Crippen LogP contribution in [0, 0.1) is 0 Å². The number of carbonyl (C=O) groups excluding carboxylic acids is 1. The molecule has 1 heterocycles. The van der Waals surface area contributed by atoms with Gasteiger partial charge in [-0.25, -0.2) is 0 Å². The molecule has 4 heteroatoms. The number of carbonyl (C=O) groups is 1. The number of furan rings is 1. The Balaban J connectivity index is 1.97. The van der Waals surface area contributed by atoms with Gasteiger partial charge in [-0.05, 0) is 54.3 Å². The summed E-state index contributed by atoms with van der Waals surface area (Å²) in [5.74, 6) is -0.0896. The van der Waals surface area contributed by atoms with E-state index >= 15 is 0 Å². The molecule has 0 bridgehead atoms. The first-order valence-corrected chi connectivity index (χ1v) is 6.72. The highest BCUT2D eigenvalue weighted by Gasteiger charge is 2.10. The van der Waals surface area contributed by atoms with E-state index < -0.39 is 0 Å². The fourth-order valence-electron chi connectivity index (χ4n) is 1.76. The Morgan fingerprint density at radius 2 is 1.95 bits per heavy atom. The summed E-state index contributed by atoms with van der Waals surface area (Å²) in [7, 11) is 0. The van der Waals surface area contributed by atoms with Crippen LogP contribution >= 0.6 is 11.6 Å². The minimum absolute atomic E-state index is 0.208. The standard InChI is InChI=1S/C15H16ClNO2/c1-2-3-4-11-5-7-12(8-6-11)17-15(18)13-9-10-14(16)19-13/h5-10H,2-4H2,1H3,(H,17,18). The van der Waals surface area contributed by atoms with Crippen molar-refractivity contribution < 1.29 is 9.21 Å². The van der Waals surface area contributed by atoms with Gasteiger partial charge in [-0.3, -0.25) is 4.79 Å². The van der Waals surface area contributed by atoms with Crippen LogP contribution in [0.2, 0.25) is 5.22 Å². The van der Waals surface area contributed by atoms with Gasteiger partial charge in [0.1, 0.15) is 0 Å². The number of hydrogen-bond donors (Lipinski definition) is 1. The predicted molar refractivity (Wildman–Crippen MR) is 76.7 cm³/mol. The van der Waals surface area contributed by atoms with Crippen LogP contribution in [-0.2, 0) is 6.42 Å². The van der Waals surface area contributed by atoms with Crippen molar-refractivity contribution in [3.05, 3.63) is 52.9 Å². The molecule has 0 saturated carbocycles. The topological polar surface area (TPSA) is 42.2 Å². The number of halogens is 1. The lowest BCUT2D eigenvalue weighted by Gasteiger charge is -2.05. The van der Waals surface area contributed by atoms with Crippen LogP contribution in [0.25, 0.3) is 0 Å². The van der Waals surface area contributed by atoms with Crippen LogP contribution < -0.4 is 5.32 Å². The second-order valence-electron chi connectivity index (χ2n) is 4.36. The second kappa shape index (κ2) is 6.43. The molecule has 2 rings (SSSR count). The zero-order valence-corrected chi connectivity index (χ0v) is 11.5. The molecule has 1 amide bonds. The maximum absolute atomic E-state index is 11.8. The van der Waals surface area contributed by atoms with Crippen LogP contribution in [0.5, 0.6) is 0 Å². The Morgan fingerprint density at radius 3 is 2.53 bits per heavy atom. The fraction of sp³-hybridized carbons (Fsp3) is 0.267. The molecule has 1 aromatic carbocycles. The lowest BCUT2D eigenvalue weighted by Crippen LogP contribution is -2.10. The first kappa shape index (κ1) is 13.7. The number of anilines is 1. The van der Waals surface area contributed by atoms with E-state index in [4.69, 9.17) is 16.0 Å². The summed E-state index contributed by atoms with van der Waals surface area (Å²) in [6.07, 6.45) is 3.42. The van der Waals surface area contributed by atoms with Crippen molar-refractivity contribution in [2.45, 2.75) is 26.2 Å². The molecular weight excluding hydrogens is 262 g/mol. The maximum atomic E-state index is 11.8. The van der Waals surface area contributed by atoms with Gasteiger partial charge >= 0.3 is 0 Å². The molecule has 0 atom stereocenters.